The van der Waals surface area contributed by atoms with Crippen molar-refractivity contribution in [3.05, 3.63) is 35.0 Å². The molecule has 0 unspecified atom stereocenters. The molecule has 0 aliphatic heterocycles. The highest BCUT2D eigenvalue weighted by atomic mass is 16.5. The van der Waals surface area contributed by atoms with Crippen LogP contribution in [0.15, 0.2) is 18.2 Å². The number of benzene rings is 1. The van der Waals surface area contributed by atoms with Gasteiger partial charge in [0, 0.05) is 0 Å². The molecule has 0 spiro atoms. The van der Waals surface area contributed by atoms with Gasteiger partial charge in [-0.25, -0.2) is 4.68 Å². The Bertz CT molecular complexity index is 892. The molecule has 1 saturated carbocycles. The van der Waals surface area contributed by atoms with Crippen LogP contribution in [0.1, 0.15) is 55.5 Å². The molecule has 1 amide bonds. The summed E-state index contributed by atoms with van der Waals surface area (Å²) in [6.07, 6.45) is 5.16. The molecule has 148 valence electrons. The van der Waals surface area contributed by atoms with Crippen LogP contribution in [0.5, 0.6) is 11.5 Å². The number of nitriles is 1. The third-order valence-electron chi connectivity index (χ3n) is 5.17. The molecule has 1 aliphatic rings. The molecule has 1 aromatic heterocycles. The average molecular weight is 382 g/mol. The van der Waals surface area contributed by atoms with Crippen LogP contribution in [0.25, 0.3) is 0 Å². The number of carbonyl (C=O) groups excluding carboxylic acids is 1. The first-order chi connectivity index (χ1) is 13.6. The SMILES string of the molecule is CCc1nn(C2CCCC2)c(NC(=O)Cc2ccc(OC)c(OC)c2)c1C#N. The van der Waals surface area contributed by atoms with E-state index in [9.17, 15) is 10.1 Å². The van der Waals surface area contributed by atoms with Crippen LogP contribution in [0.4, 0.5) is 5.82 Å². The molecule has 1 heterocycles. The summed E-state index contributed by atoms with van der Waals surface area (Å²) in [5.41, 5.74) is 2.00. The van der Waals surface area contributed by atoms with Crippen molar-refractivity contribution < 1.29 is 14.3 Å². The lowest BCUT2D eigenvalue weighted by Crippen LogP contribution is -2.20. The summed E-state index contributed by atoms with van der Waals surface area (Å²) in [7, 11) is 3.14. The first-order valence-corrected chi connectivity index (χ1v) is 9.63. The Kier molecular flexibility index (Phi) is 6.19. The Balaban J connectivity index is 1.83. The van der Waals surface area contributed by atoms with Crippen LogP contribution < -0.4 is 14.8 Å². The summed E-state index contributed by atoms with van der Waals surface area (Å²) in [6.45, 7) is 1.97. The summed E-state index contributed by atoms with van der Waals surface area (Å²) in [5.74, 6) is 1.53. The van der Waals surface area contributed by atoms with Gasteiger partial charge < -0.3 is 14.8 Å². The summed E-state index contributed by atoms with van der Waals surface area (Å²) < 4.78 is 12.4. The van der Waals surface area contributed by atoms with E-state index in [0.717, 1.165) is 36.9 Å². The smallest absolute Gasteiger partial charge is 0.229 e. The topological polar surface area (TPSA) is 89.2 Å². The number of amides is 1. The molecule has 0 radical (unpaired) electrons. The maximum absolute atomic E-state index is 12.7. The Hall–Kier alpha value is -3.01. The fourth-order valence-electron chi connectivity index (χ4n) is 3.73. The summed E-state index contributed by atoms with van der Waals surface area (Å²) >= 11 is 0. The number of nitrogens with zero attached hydrogens (tertiary/aromatic N) is 3. The van der Waals surface area contributed by atoms with Gasteiger partial charge in [0.25, 0.3) is 0 Å². The Morgan fingerprint density at radius 3 is 2.61 bits per heavy atom. The third-order valence-corrected chi connectivity index (χ3v) is 5.17. The van der Waals surface area contributed by atoms with Crippen LogP contribution in [-0.2, 0) is 17.6 Å². The highest BCUT2D eigenvalue weighted by Gasteiger charge is 2.26. The van der Waals surface area contributed by atoms with E-state index in [0.29, 0.717) is 29.3 Å². The van der Waals surface area contributed by atoms with E-state index in [1.165, 1.54) is 0 Å². The normalized spacial score (nSPS) is 13.9. The van der Waals surface area contributed by atoms with Gasteiger partial charge in [-0.15, -0.1) is 0 Å². The minimum Gasteiger partial charge on any atom is -0.493 e. The predicted molar refractivity (Wildman–Crippen MR) is 106 cm³/mol. The number of carbonyl (C=O) groups is 1. The molecular weight excluding hydrogens is 356 g/mol. The number of rotatable bonds is 7. The molecule has 0 saturated heterocycles. The molecule has 1 N–H and O–H groups in total. The van der Waals surface area contributed by atoms with Gasteiger partial charge in [0.2, 0.25) is 5.91 Å². The van der Waals surface area contributed by atoms with Crippen molar-refractivity contribution in [3.63, 3.8) is 0 Å². The number of ether oxygens (including phenoxy) is 2. The van der Waals surface area contributed by atoms with Crippen LogP contribution in [0, 0.1) is 11.3 Å². The van der Waals surface area contributed by atoms with Crippen LogP contribution >= 0.6 is 0 Å². The van der Waals surface area contributed by atoms with E-state index in [1.807, 2.05) is 17.7 Å². The number of methoxy groups -OCH3 is 2. The fraction of sp³-hybridized carbons (Fsp3) is 0.476. The molecule has 2 aromatic rings. The van der Waals surface area contributed by atoms with E-state index < -0.39 is 0 Å². The number of anilines is 1. The van der Waals surface area contributed by atoms with Crippen LogP contribution in [-0.4, -0.2) is 29.9 Å². The third kappa shape index (κ3) is 3.96. The largest absolute Gasteiger partial charge is 0.493 e. The zero-order valence-electron chi connectivity index (χ0n) is 16.6. The van der Waals surface area contributed by atoms with E-state index in [1.54, 1.807) is 26.4 Å². The molecule has 1 aromatic carbocycles. The van der Waals surface area contributed by atoms with Crippen molar-refractivity contribution in [2.45, 2.75) is 51.5 Å². The number of aromatic nitrogens is 2. The molecule has 7 heteroatoms. The van der Waals surface area contributed by atoms with Gasteiger partial charge in [-0.05, 0) is 37.0 Å². The van der Waals surface area contributed by atoms with Gasteiger partial charge in [0.15, 0.2) is 11.5 Å². The molecule has 1 fully saturated rings. The Morgan fingerprint density at radius 1 is 1.29 bits per heavy atom. The number of nitrogens with one attached hydrogen (secondary N) is 1. The molecule has 0 atom stereocenters. The second-order valence-electron chi connectivity index (χ2n) is 6.93. The van der Waals surface area contributed by atoms with Crippen molar-refractivity contribution in [1.29, 1.82) is 5.26 Å². The fourth-order valence-corrected chi connectivity index (χ4v) is 3.73. The summed E-state index contributed by atoms with van der Waals surface area (Å²) in [5, 5.41) is 17.2. The summed E-state index contributed by atoms with van der Waals surface area (Å²) in [4.78, 5) is 12.7. The molecule has 7 nitrogen and oxygen atoms in total. The second kappa shape index (κ2) is 8.79. The zero-order chi connectivity index (χ0) is 20.1. The van der Waals surface area contributed by atoms with Gasteiger partial charge in [-0.2, -0.15) is 10.4 Å². The lowest BCUT2D eigenvalue weighted by molar-refractivity contribution is -0.115. The highest BCUT2D eigenvalue weighted by molar-refractivity contribution is 5.93. The zero-order valence-corrected chi connectivity index (χ0v) is 16.6. The molecule has 28 heavy (non-hydrogen) atoms. The van der Waals surface area contributed by atoms with Crippen molar-refractivity contribution in [3.8, 4) is 17.6 Å². The minimum atomic E-state index is -0.189. The monoisotopic (exact) mass is 382 g/mol. The Morgan fingerprint density at radius 2 is 2.00 bits per heavy atom. The first kappa shape index (κ1) is 19.7. The standard InChI is InChI=1S/C21H26N4O3/c1-4-17-16(13-22)21(25(24-17)15-7-5-6-8-15)23-20(26)12-14-9-10-18(27-2)19(11-14)28-3/h9-11,15H,4-8,12H2,1-3H3,(H,23,26). The molecule has 3 rings (SSSR count). The van der Waals surface area contributed by atoms with Crippen molar-refractivity contribution >= 4 is 11.7 Å². The average Bonchev–Trinajstić information content (AvgIpc) is 3.35. The number of aryl methyl sites for hydroxylation is 1. The van der Waals surface area contributed by atoms with Gasteiger partial charge in [-0.1, -0.05) is 25.8 Å². The van der Waals surface area contributed by atoms with Gasteiger partial charge >= 0.3 is 0 Å². The maximum atomic E-state index is 12.7. The number of hydrogen-bond acceptors (Lipinski definition) is 5. The van der Waals surface area contributed by atoms with Crippen molar-refractivity contribution in [1.82, 2.24) is 9.78 Å². The van der Waals surface area contributed by atoms with Gasteiger partial charge in [0.05, 0.1) is 32.4 Å². The quantitative estimate of drug-likeness (QED) is 0.790. The van der Waals surface area contributed by atoms with E-state index >= 15 is 0 Å². The molecular formula is C21H26N4O3. The van der Waals surface area contributed by atoms with E-state index in [4.69, 9.17) is 9.47 Å². The molecule has 0 bridgehead atoms. The Labute approximate surface area is 165 Å². The lowest BCUT2D eigenvalue weighted by Gasteiger charge is -2.15. The van der Waals surface area contributed by atoms with Crippen LogP contribution in [0.2, 0.25) is 0 Å². The van der Waals surface area contributed by atoms with E-state index in [2.05, 4.69) is 16.5 Å². The predicted octanol–water partition coefficient (Wildman–Crippen LogP) is 3.63. The van der Waals surface area contributed by atoms with Gasteiger partial charge in [-0.3, -0.25) is 4.79 Å². The number of hydrogen-bond donors (Lipinski definition) is 1. The summed E-state index contributed by atoms with van der Waals surface area (Å²) in [6, 6.07) is 7.86. The van der Waals surface area contributed by atoms with Crippen molar-refractivity contribution in [2.75, 3.05) is 19.5 Å². The minimum absolute atomic E-state index is 0.169. The second-order valence-corrected chi connectivity index (χ2v) is 6.93. The maximum Gasteiger partial charge on any atom is 0.229 e. The van der Waals surface area contributed by atoms with Crippen LogP contribution in [0.3, 0.4) is 0 Å². The first-order valence-electron chi connectivity index (χ1n) is 9.63. The van der Waals surface area contributed by atoms with Crippen molar-refractivity contribution in [2.24, 2.45) is 0 Å². The lowest BCUT2D eigenvalue weighted by atomic mass is 10.1. The highest BCUT2D eigenvalue weighted by Crippen LogP contribution is 2.34. The molecule has 1 aliphatic carbocycles. The van der Waals surface area contributed by atoms with E-state index in [-0.39, 0.29) is 18.4 Å². The van der Waals surface area contributed by atoms with Gasteiger partial charge in [0.1, 0.15) is 17.5 Å².